The van der Waals surface area contributed by atoms with Gasteiger partial charge in [-0.25, -0.2) is 4.68 Å². The molecule has 0 aliphatic carbocycles. The van der Waals surface area contributed by atoms with Gasteiger partial charge in [-0.1, -0.05) is 6.92 Å². The van der Waals surface area contributed by atoms with Crippen molar-refractivity contribution in [2.24, 2.45) is 7.05 Å². The van der Waals surface area contributed by atoms with Gasteiger partial charge < -0.3 is 14.8 Å². The van der Waals surface area contributed by atoms with E-state index < -0.39 is 0 Å². The fourth-order valence-corrected chi connectivity index (χ4v) is 1.49. The van der Waals surface area contributed by atoms with E-state index in [9.17, 15) is 4.79 Å². The van der Waals surface area contributed by atoms with E-state index in [4.69, 9.17) is 9.47 Å². The van der Waals surface area contributed by atoms with E-state index in [0.717, 1.165) is 11.1 Å². The van der Waals surface area contributed by atoms with Crippen molar-refractivity contribution in [3.8, 4) is 17.9 Å². The van der Waals surface area contributed by atoms with Crippen molar-refractivity contribution in [3.05, 3.63) is 22.5 Å². The van der Waals surface area contributed by atoms with Crippen molar-refractivity contribution >= 4 is 5.95 Å². The third-order valence-corrected chi connectivity index (χ3v) is 2.90. The molecule has 118 valence electrons. The summed E-state index contributed by atoms with van der Waals surface area (Å²) in [7, 11) is 2.98. The summed E-state index contributed by atoms with van der Waals surface area (Å²) in [6.45, 7) is 4.05. The Morgan fingerprint density at radius 3 is 2.64 bits per heavy atom. The number of hydrogen-bond donors (Lipinski definition) is 1. The second-order valence-electron chi connectivity index (χ2n) is 4.62. The van der Waals surface area contributed by atoms with Gasteiger partial charge in [0.2, 0.25) is 11.8 Å². The number of nitrogens with zero attached hydrogens (tertiary/aromatic N) is 5. The Labute approximate surface area is 127 Å². The fourth-order valence-electron chi connectivity index (χ4n) is 1.49. The Kier molecular flexibility index (Phi) is 4.87. The first-order chi connectivity index (χ1) is 10.5. The molecule has 1 N–H and O–H groups in total. The van der Waals surface area contributed by atoms with Crippen LogP contribution in [0.1, 0.15) is 20.3 Å². The lowest BCUT2D eigenvalue weighted by Crippen LogP contribution is -2.18. The van der Waals surface area contributed by atoms with Crippen LogP contribution in [0.15, 0.2) is 16.9 Å². The van der Waals surface area contributed by atoms with E-state index in [1.165, 1.54) is 26.3 Å². The SMILES string of the molecule is CCC(C)Nc1nc(OC)nc(Oc2ccc(=O)n(C)n2)n1. The van der Waals surface area contributed by atoms with Crippen LogP contribution in [0.4, 0.5) is 5.95 Å². The summed E-state index contributed by atoms with van der Waals surface area (Å²) in [5, 5.41) is 7.07. The minimum atomic E-state index is -0.236. The van der Waals surface area contributed by atoms with Crippen molar-refractivity contribution in [3.63, 3.8) is 0 Å². The summed E-state index contributed by atoms with van der Waals surface area (Å²) < 4.78 is 11.7. The molecule has 0 spiro atoms. The molecule has 0 radical (unpaired) electrons. The molecule has 0 aromatic carbocycles. The van der Waals surface area contributed by atoms with Crippen molar-refractivity contribution in [1.29, 1.82) is 0 Å². The number of hydrogen-bond acceptors (Lipinski definition) is 8. The lowest BCUT2D eigenvalue weighted by atomic mass is 10.3. The molecule has 0 saturated carbocycles. The smallest absolute Gasteiger partial charge is 0.331 e. The van der Waals surface area contributed by atoms with Crippen molar-refractivity contribution in [2.45, 2.75) is 26.3 Å². The fraction of sp³-hybridized carbons (Fsp3) is 0.462. The van der Waals surface area contributed by atoms with E-state index in [1.54, 1.807) is 0 Å². The zero-order chi connectivity index (χ0) is 16.1. The Morgan fingerprint density at radius 2 is 2.00 bits per heavy atom. The minimum Gasteiger partial charge on any atom is -0.467 e. The van der Waals surface area contributed by atoms with E-state index >= 15 is 0 Å². The maximum absolute atomic E-state index is 11.3. The molecular formula is C13H18N6O3. The molecule has 0 bridgehead atoms. The van der Waals surface area contributed by atoms with Gasteiger partial charge in [0, 0.05) is 25.2 Å². The first-order valence-electron chi connectivity index (χ1n) is 6.80. The van der Waals surface area contributed by atoms with Crippen LogP contribution in [0.25, 0.3) is 0 Å². The topological polar surface area (TPSA) is 104 Å². The molecule has 9 heteroatoms. The van der Waals surface area contributed by atoms with Crippen molar-refractivity contribution in [1.82, 2.24) is 24.7 Å². The largest absolute Gasteiger partial charge is 0.467 e. The van der Waals surface area contributed by atoms with Crippen LogP contribution in [-0.2, 0) is 7.05 Å². The molecule has 22 heavy (non-hydrogen) atoms. The number of aryl methyl sites for hydroxylation is 1. The molecule has 0 fully saturated rings. The summed E-state index contributed by atoms with van der Waals surface area (Å²) in [6.07, 6.45) is 0.909. The summed E-state index contributed by atoms with van der Waals surface area (Å²) in [5.74, 6) is 0.547. The third-order valence-electron chi connectivity index (χ3n) is 2.90. The standard InChI is InChI=1S/C13H18N6O3/c1-5-8(2)14-11-15-12(21-4)17-13(16-11)22-9-6-7-10(20)19(3)18-9/h6-8H,5H2,1-4H3,(H,14,15,16,17). The maximum atomic E-state index is 11.3. The predicted molar refractivity (Wildman–Crippen MR) is 79.3 cm³/mol. The van der Waals surface area contributed by atoms with Crippen LogP contribution in [0.5, 0.6) is 17.9 Å². The summed E-state index contributed by atoms with van der Waals surface area (Å²) >= 11 is 0. The Balaban J connectivity index is 2.27. The van der Waals surface area contributed by atoms with Crippen LogP contribution in [0, 0.1) is 0 Å². The second-order valence-corrected chi connectivity index (χ2v) is 4.62. The third kappa shape index (κ3) is 3.90. The van der Waals surface area contributed by atoms with Gasteiger partial charge in [-0.05, 0) is 13.3 Å². The van der Waals surface area contributed by atoms with Crippen molar-refractivity contribution < 1.29 is 9.47 Å². The predicted octanol–water partition coefficient (Wildman–Crippen LogP) is 0.977. The molecule has 0 aliphatic heterocycles. The Morgan fingerprint density at radius 1 is 1.27 bits per heavy atom. The van der Waals surface area contributed by atoms with Crippen LogP contribution in [0.2, 0.25) is 0 Å². The van der Waals surface area contributed by atoms with Gasteiger partial charge in [-0.15, -0.1) is 10.1 Å². The highest BCUT2D eigenvalue weighted by Gasteiger charge is 2.11. The van der Waals surface area contributed by atoms with Gasteiger partial charge in [-0.3, -0.25) is 4.79 Å². The highest BCUT2D eigenvalue weighted by atomic mass is 16.5. The Hall–Kier alpha value is -2.71. The summed E-state index contributed by atoms with van der Waals surface area (Å²) in [4.78, 5) is 23.6. The average molecular weight is 306 g/mol. The molecule has 2 aromatic heterocycles. The van der Waals surface area contributed by atoms with E-state index in [2.05, 4.69) is 25.4 Å². The lowest BCUT2D eigenvalue weighted by molar-refractivity contribution is 0.353. The number of anilines is 1. The van der Waals surface area contributed by atoms with Crippen LogP contribution < -0.4 is 20.3 Å². The van der Waals surface area contributed by atoms with Crippen LogP contribution in [-0.4, -0.2) is 37.9 Å². The quantitative estimate of drug-likeness (QED) is 0.842. The van der Waals surface area contributed by atoms with Crippen molar-refractivity contribution in [2.75, 3.05) is 12.4 Å². The number of ether oxygens (including phenoxy) is 2. The number of aromatic nitrogens is 5. The molecule has 0 saturated heterocycles. The monoisotopic (exact) mass is 306 g/mol. The zero-order valence-electron chi connectivity index (χ0n) is 12.9. The first kappa shape index (κ1) is 15.7. The Bertz CT molecular complexity index is 702. The molecule has 2 rings (SSSR count). The second kappa shape index (κ2) is 6.83. The minimum absolute atomic E-state index is 0.0313. The molecule has 9 nitrogen and oxygen atoms in total. The maximum Gasteiger partial charge on any atom is 0.331 e. The molecule has 2 aromatic rings. The van der Waals surface area contributed by atoms with Gasteiger partial charge in [0.15, 0.2) is 0 Å². The number of nitrogens with one attached hydrogen (secondary N) is 1. The molecule has 0 amide bonds. The summed E-state index contributed by atoms with van der Waals surface area (Å²) in [5.41, 5.74) is -0.236. The van der Waals surface area contributed by atoms with Crippen LogP contribution in [0.3, 0.4) is 0 Å². The zero-order valence-corrected chi connectivity index (χ0v) is 12.9. The molecule has 1 unspecified atom stereocenters. The highest BCUT2D eigenvalue weighted by Crippen LogP contribution is 2.18. The molecule has 0 aliphatic rings. The summed E-state index contributed by atoms with van der Waals surface area (Å²) in [6, 6.07) is 3.14. The van der Waals surface area contributed by atoms with Crippen LogP contribution >= 0.6 is 0 Å². The van der Waals surface area contributed by atoms with Gasteiger partial charge in [0.05, 0.1) is 7.11 Å². The normalized spacial score (nSPS) is 11.8. The van der Waals surface area contributed by atoms with E-state index in [-0.39, 0.29) is 29.5 Å². The lowest BCUT2D eigenvalue weighted by Gasteiger charge is -2.12. The molecular weight excluding hydrogens is 288 g/mol. The number of rotatable bonds is 6. The van der Waals surface area contributed by atoms with E-state index in [0.29, 0.717) is 5.95 Å². The van der Waals surface area contributed by atoms with E-state index in [1.807, 2.05) is 13.8 Å². The molecule has 2 heterocycles. The van der Waals surface area contributed by atoms with Gasteiger partial charge in [0.25, 0.3) is 5.56 Å². The first-order valence-corrected chi connectivity index (χ1v) is 6.80. The van der Waals surface area contributed by atoms with Gasteiger partial charge in [0.1, 0.15) is 0 Å². The van der Waals surface area contributed by atoms with Gasteiger partial charge >= 0.3 is 12.0 Å². The average Bonchev–Trinajstić information content (AvgIpc) is 2.50. The number of methoxy groups -OCH3 is 1. The molecule has 1 atom stereocenters. The highest BCUT2D eigenvalue weighted by molar-refractivity contribution is 5.29. The van der Waals surface area contributed by atoms with Gasteiger partial charge in [-0.2, -0.15) is 9.97 Å².